The second-order valence-corrected chi connectivity index (χ2v) is 5.07. The number of fused-ring (bicyclic) bond motifs is 1. The molecule has 100 valence electrons. The quantitative estimate of drug-likeness (QED) is 0.793. The van der Waals surface area contributed by atoms with E-state index in [4.69, 9.17) is 5.26 Å². The monoisotopic (exact) mass is 265 g/mol. The van der Waals surface area contributed by atoms with Gasteiger partial charge < -0.3 is 10.0 Å². The van der Waals surface area contributed by atoms with Crippen LogP contribution in [0, 0.1) is 18.3 Å². The molecule has 0 unspecified atom stereocenters. The lowest BCUT2D eigenvalue weighted by Gasteiger charge is -2.21. The first kappa shape index (κ1) is 12.5. The van der Waals surface area contributed by atoms with Gasteiger partial charge in [-0.05, 0) is 30.6 Å². The zero-order valence-electron chi connectivity index (χ0n) is 11.3. The lowest BCUT2D eigenvalue weighted by Crippen LogP contribution is -2.15. The smallest absolute Gasteiger partial charge is 0.142 e. The Morgan fingerprint density at radius 2 is 2.25 bits per heavy atom. The van der Waals surface area contributed by atoms with E-state index in [0.29, 0.717) is 18.0 Å². The molecule has 0 spiro atoms. The van der Waals surface area contributed by atoms with Crippen molar-refractivity contribution in [2.24, 2.45) is 0 Å². The minimum Gasteiger partial charge on any atom is -0.506 e. The Morgan fingerprint density at radius 3 is 2.95 bits per heavy atom. The van der Waals surface area contributed by atoms with E-state index < -0.39 is 0 Å². The van der Waals surface area contributed by atoms with E-state index in [-0.39, 0.29) is 0 Å². The Labute approximate surface area is 118 Å². The van der Waals surface area contributed by atoms with E-state index in [2.05, 4.69) is 22.0 Å². The average Bonchev–Trinajstić information content (AvgIpc) is 2.89. The molecule has 0 radical (unpaired) electrons. The van der Waals surface area contributed by atoms with Gasteiger partial charge in [0, 0.05) is 36.6 Å². The van der Waals surface area contributed by atoms with E-state index in [1.165, 1.54) is 0 Å². The predicted octanol–water partition coefficient (Wildman–Crippen LogP) is 2.71. The molecule has 1 aromatic heterocycles. The lowest BCUT2D eigenvalue weighted by atomic mass is 10.1. The van der Waals surface area contributed by atoms with Gasteiger partial charge in [0.1, 0.15) is 5.75 Å². The van der Waals surface area contributed by atoms with Crippen molar-refractivity contribution < 1.29 is 5.11 Å². The molecule has 0 bridgehead atoms. The van der Waals surface area contributed by atoms with Gasteiger partial charge in [0.15, 0.2) is 0 Å². The standard InChI is InChI=1S/C16H15N3O/c1-11-16(20)15-10-19(9-13(15)8-18-11)14-4-2-12(3-5-14)6-7-17/h2,4-6,8,20H,3,9-10H2,1H3. The summed E-state index contributed by atoms with van der Waals surface area (Å²) in [5, 5.41) is 18.7. The van der Waals surface area contributed by atoms with E-state index in [0.717, 1.165) is 35.4 Å². The first-order chi connectivity index (χ1) is 9.69. The summed E-state index contributed by atoms with van der Waals surface area (Å²) in [7, 11) is 0. The van der Waals surface area contributed by atoms with Crippen molar-refractivity contribution in [2.45, 2.75) is 26.4 Å². The van der Waals surface area contributed by atoms with Crippen molar-refractivity contribution in [3.05, 3.63) is 58.6 Å². The first-order valence-electron chi connectivity index (χ1n) is 6.57. The molecule has 2 aliphatic rings. The molecule has 0 atom stereocenters. The van der Waals surface area contributed by atoms with Crippen molar-refractivity contribution in [1.82, 2.24) is 9.88 Å². The number of pyridine rings is 1. The van der Waals surface area contributed by atoms with Gasteiger partial charge in [-0.25, -0.2) is 0 Å². The molecule has 0 saturated heterocycles. The summed E-state index contributed by atoms with van der Waals surface area (Å²) in [6, 6.07) is 2.05. The molecular formula is C16H15N3O. The van der Waals surface area contributed by atoms with Crippen LogP contribution >= 0.6 is 0 Å². The molecule has 1 aliphatic carbocycles. The van der Waals surface area contributed by atoms with Crippen LogP contribution in [0.25, 0.3) is 0 Å². The molecule has 2 heterocycles. The SMILES string of the molecule is Cc1ncc2c(c1O)CN(C1=CCC(=CC#N)C=C1)C2. The molecule has 3 rings (SSSR count). The van der Waals surface area contributed by atoms with Crippen molar-refractivity contribution in [1.29, 1.82) is 5.26 Å². The van der Waals surface area contributed by atoms with Crippen LogP contribution in [0.5, 0.6) is 5.75 Å². The zero-order chi connectivity index (χ0) is 14.1. The third-order valence-corrected chi connectivity index (χ3v) is 3.77. The van der Waals surface area contributed by atoms with Crippen molar-refractivity contribution in [3.63, 3.8) is 0 Å². The Balaban J connectivity index is 1.81. The highest BCUT2D eigenvalue weighted by Gasteiger charge is 2.24. The van der Waals surface area contributed by atoms with Crippen molar-refractivity contribution in [2.75, 3.05) is 0 Å². The van der Waals surface area contributed by atoms with Gasteiger partial charge in [0.05, 0.1) is 11.8 Å². The Morgan fingerprint density at radius 1 is 1.40 bits per heavy atom. The largest absolute Gasteiger partial charge is 0.506 e. The fourth-order valence-electron chi connectivity index (χ4n) is 2.61. The zero-order valence-corrected chi connectivity index (χ0v) is 11.3. The molecule has 1 aliphatic heterocycles. The maximum Gasteiger partial charge on any atom is 0.142 e. The van der Waals surface area contributed by atoms with Crippen LogP contribution in [-0.2, 0) is 13.1 Å². The number of aryl methyl sites for hydroxylation is 1. The molecule has 1 N–H and O–H groups in total. The van der Waals surface area contributed by atoms with Gasteiger partial charge in [0.25, 0.3) is 0 Å². The summed E-state index contributed by atoms with van der Waals surface area (Å²) in [5.74, 6) is 0.315. The summed E-state index contributed by atoms with van der Waals surface area (Å²) in [6.45, 7) is 3.29. The highest BCUT2D eigenvalue weighted by molar-refractivity contribution is 5.45. The number of nitrogens with zero attached hydrogens (tertiary/aromatic N) is 3. The number of allylic oxidation sites excluding steroid dienone is 5. The number of hydrogen-bond donors (Lipinski definition) is 1. The van der Waals surface area contributed by atoms with Gasteiger partial charge in [-0.1, -0.05) is 12.2 Å². The third-order valence-electron chi connectivity index (χ3n) is 3.77. The Bertz CT molecular complexity index is 692. The Kier molecular flexibility index (Phi) is 3.03. The van der Waals surface area contributed by atoms with Gasteiger partial charge in [0.2, 0.25) is 0 Å². The van der Waals surface area contributed by atoms with Crippen molar-refractivity contribution >= 4 is 0 Å². The maximum absolute atomic E-state index is 10.1. The molecule has 0 amide bonds. The molecule has 0 saturated carbocycles. The van der Waals surface area contributed by atoms with E-state index in [1.54, 1.807) is 6.08 Å². The summed E-state index contributed by atoms with van der Waals surface area (Å²) in [6.07, 6.45) is 10.3. The van der Waals surface area contributed by atoms with E-state index >= 15 is 0 Å². The number of aromatic nitrogens is 1. The second-order valence-electron chi connectivity index (χ2n) is 5.07. The summed E-state index contributed by atoms with van der Waals surface area (Å²) in [4.78, 5) is 6.42. The topological polar surface area (TPSA) is 60.2 Å². The number of aromatic hydroxyl groups is 1. The van der Waals surface area contributed by atoms with Crippen LogP contribution in [0.15, 0.2) is 41.8 Å². The number of rotatable bonds is 1. The first-order valence-corrected chi connectivity index (χ1v) is 6.57. The molecule has 20 heavy (non-hydrogen) atoms. The third kappa shape index (κ3) is 2.08. The van der Waals surface area contributed by atoms with Gasteiger partial charge in [-0.2, -0.15) is 5.26 Å². The average molecular weight is 265 g/mol. The fraction of sp³-hybridized carbons (Fsp3) is 0.250. The van der Waals surface area contributed by atoms with Crippen LogP contribution in [0.3, 0.4) is 0 Å². The minimum atomic E-state index is 0.315. The van der Waals surface area contributed by atoms with Gasteiger partial charge in [-0.15, -0.1) is 0 Å². The summed E-state index contributed by atoms with van der Waals surface area (Å²) in [5.41, 5.74) is 4.89. The van der Waals surface area contributed by atoms with E-state index in [9.17, 15) is 5.11 Å². The highest BCUT2D eigenvalue weighted by Crippen LogP contribution is 2.34. The van der Waals surface area contributed by atoms with E-state index in [1.807, 2.05) is 25.3 Å². The number of nitriles is 1. The van der Waals surface area contributed by atoms with Crippen LogP contribution in [-0.4, -0.2) is 15.0 Å². The predicted molar refractivity (Wildman–Crippen MR) is 75.4 cm³/mol. The maximum atomic E-state index is 10.1. The van der Waals surface area contributed by atoms with Crippen LogP contribution in [0.2, 0.25) is 0 Å². The minimum absolute atomic E-state index is 0.315. The Hall–Kier alpha value is -2.54. The van der Waals surface area contributed by atoms with Gasteiger partial charge >= 0.3 is 0 Å². The molecular weight excluding hydrogens is 250 g/mol. The van der Waals surface area contributed by atoms with Crippen LogP contribution in [0.1, 0.15) is 23.2 Å². The fourth-order valence-corrected chi connectivity index (χ4v) is 2.61. The normalized spacial score (nSPS) is 18.9. The van der Waals surface area contributed by atoms with Gasteiger partial charge in [-0.3, -0.25) is 4.98 Å². The summed E-state index contributed by atoms with van der Waals surface area (Å²) < 4.78 is 0. The number of hydrogen-bond acceptors (Lipinski definition) is 4. The molecule has 4 heteroatoms. The molecule has 0 aromatic carbocycles. The highest BCUT2D eigenvalue weighted by atomic mass is 16.3. The van der Waals surface area contributed by atoms with Crippen LogP contribution < -0.4 is 0 Å². The second kappa shape index (κ2) is 4.86. The molecule has 4 nitrogen and oxygen atoms in total. The molecule has 0 fully saturated rings. The summed E-state index contributed by atoms with van der Waals surface area (Å²) >= 11 is 0. The van der Waals surface area contributed by atoms with Crippen molar-refractivity contribution in [3.8, 4) is 11.8 Å². The van der Waals surface area contributed by atoms with Crippen LogP contribution in [0.4, 0.5) is 0 Å². The molecule has 1 aromatic rings. The lowest BCUT2D eigenvalue weighted by molar-refractivity contribution is 0.367.